The second-order valence-electron chi connectivity index (χ2n) is 5.69. The molecule has 1 atom stereocenters. The number of carboxylic acids is 1. The number of carbonyl (C=O) groups is 1. The lowest BCUT2D eigenvalue weighted by atomic mass is 9.86. The van der Waals surface area contributed by atoms with Gasteiger partial charge in [0, 0.05) is 10.9 Å². The lowest BCUT2D eigenvalue weighted by Gasteiger charge is -2.35. The van der Waals surface area contributed by atoms with Gasteiger partial charge < -0.3 is 14.8 Å². The van der Waals surface area contributed by atoms with Crippen molar-refractivity contribution in [1.82, 2.24) is 4.98 Å². The first-order valence-electron chi connectivity index (χ1n) is 7.60. The number of benzene rings is 1. The standard InChI is InChI=1S/C17H21NO3.BrH.6ClH/c1-3-11-6-5-7-12-13-8-9-21-17(4-2,10-14(19)20)16(13)18-15(11)12;;;;;;;/h5-7,18H,3-4,8-10H2,1-2H3,(H,19,20);7*1H. The van der Waals surface area contributed by atoms with Crippen LogP contribution in [0.2, 0.25) is 0 Å². The van der Waals surface area contributed by atoms with E-state index in [4.69, 9.17) is 4.74 Å². The minimum absolute atomic E-state index is 0. The maximum Gasteiger partial charge on any atom is 0.306 e. The van der Waals surface area contributed by atoms with Gasteiger partial charge in [0.15, 0.2) is 0 Å². The highest BCUT2D eigenvalue weighted by Gasteiger charge is 2.40. The fraction of sp³-hybridized carbons (Fsp3) is 0.471. The summed E-state index contributed by atoms with van der Waals surface area (Å²) in [6.07, 6.45) is 2.45. The average molecular weight is 587 g/mol. The van der Waals surface area contributed by atoms with E-state index in [0.717, 1.165) is 24.1 Å². The van der Waals surface area contributed by atoms with Gasteiger partial charge in [-0.15, -0.1) is 91.4 Å². The molecule has 2 N–H and O–H groups in total. The van der Waals surface area contributed by atoms with E-state index in [0.29, 0.717) is 13.0 Å². The van der Waals surface area contributed by atoms with E-state index in [1.807, 2.05) is 6.92 Å². The molecular formula is C17H28BrCl6NO3. The van der Waals surface area contributed by atoms with E-state index in [1.54, 1.807) is 0 Å². The van der Waals surface area contributed by atoms with Gasteiger partial charge in [-0.1, -0.05) is 32.0 Å². The summed E-state index contributed by atoms with van der Waals surface area (Å²) in [7, 11) is 0. The van der Waals surface area contributed by atoms with Gasteiger partial charge in [0.1, 0.15) is 5.60 Å². The van der Waals surface area contributed by atoms with Gasteiger partial charge >= 0.3 is 5.97 Å². The number of aliphatic carboxylic acids is 1. The lowest BCUT2D eigenvalue weighted by molar-refractivity contribution is -0.148. The Morgan fingerprint density at radius 1 is 1.14 bits per heavy atom. The Balaban J connectivity index is -0.000000252. The summed E-state index contributed by atoms with van der Waals surface area (Å²) in [6, 6.07) is 6.32. The highest BCUT2D eigenvalue weighted by Crippen LogP contribution is 2.42. The predicted molar refractivity (Wildman–Crippen MR) is 135 cm³/mol. The van der Waals surface area contributed by atoms with Gasteiger partial charge in [-0.05, 0) is 30.4 Å². The van der Waals surface area contributed by atoms with Crippen molar-refractivity contribution in [2.45, 2.75) is 45.1 Å². The number of ether oxygens (including phenoxy) is 1. The van der Waals surface area contributed by atoms with E-state index < -0.39 is 11.6 Å². The molecule has 0 saturated heterocycles. The normalized spacial score (nSPS) is 16.1. The van der Waals surface area contributed by atoms with Crippen LogP contribution in [0.3, 0.4) is 0 Å². The molecule has 0 radical (unpaired) electrons. The van der Waals surface area contributed by atoms with Gasteiger partial charge in [-0.25, -0.2) is 0 Å². The van der Waals surface area contributed by atoms with Crippen molar-refractivity contribution >= 4 is 108 Å². The summed E-state index contributed by atoms with van der Waals surface area (Å²) in [5, 5.41) is 10.5. The largest absolute Gasteiger partial charge is 0.481 e. The molecule has 0 bridgehead atoms. The Morgan fingerprint density at radius 3 is 2.25 bits per heavy atom. The van der Waals surface area contributed by atoms with Crippen molar-refractivity contribution in [2.75, 3.05) is 6.61 Å². The number of carboxylic acid groups (broad SMARTS) is 1. The third-order valence-corrected chi connectivity index (χ3v) is 4.60. The van der Waals surface area contributed by atoms with Crippen LogP contribution in [0.15, 0.2) is 18.2 Å². The molecule has 0 saturated carbocycles. The zero-order valence-electron chi connectivity index (χ0n) is 15.4. The summed E-state index contributed by atoms with van der Waals surface area (Å²) < 4.78 is 5.94. The van der Waals surface area contributed by atoms with Crippen molar-refractivity contribution < 1.29 is 14.6 Å². The lowest BCUT2D eigenvalue weighted by Crippen LogP contribution is -2.37. The van der Waals surface area contributed by atoms with Gasteiger partial charge in [-0.2, -0.15) is 0 Å². The van der Waals surface area contributed by atoms with Gasteiger partial charge in [0.25, 0.3) is 0 Å². The minimum Gasteiger partial charge on any atom is -0.481 e. The third-order valence-electron chi connectivity index (χ3n) is 4.60. The van der Waals surface area contributed by atoms with E-state index in [1.165, 1.54) is 16.5 Å². The Bertz CT molecular complexity index is 716. The molecule has 0 aliphatic carbocycles. The van der Waals surface area contributed by atoms with E-state index in [-0.39, 0.29) is 97.8 Å². The van der Waals surface area contributed by atoms with E-state index in [9.17, 15) is 9.90 Å². The average Bonchev–Trinajstić information content (AvgIpc) is 2.87. The molecule has 28 heavy (non-hydrogen) atoms. The molecular weight excluding hydrogens is 559 g/mol. The quantitative estimate of drug-likeness (QED) is 0.430. The number of nitrogens with one attached hydrogen (secondary N) is 1. The van der Waals surface area contributed by atoms with Gasteiger partial charge in [-0.3, -0.25) is 4.79 Å². The number of hydrogen-bond acceptors (Lipinski definition) is 2. The molecule has 11 heteroatoms. The number of para-hydroxylation sites is 1. The predicted octanol–water partition coefficient (Wildman–Crippen LogP) is 6.49. The van der Waals surface area contributed by atoms with Gasteiger partial charge in [0.05, 0.1) is 18.7 Å². The van der Waals surface area contributed by atoms with Crippen LogP contribution in [-0.2, 0) is 28.0 Å². The molecule has 1 aromatic carbocycles. The fourth-order valence-electron chi connectivity index (χ4n) is 3.49. The van der Waals surface area contributed by atoms with Crippen LogP contribution in [0.25, 0.3) is 10.9 Å². The van der Waals surface area contributed by atoms with Crippen molar-refractivity contribution in [3.8, 4) is 0 Å². The summed E-state index contributed by atoms with van der Waals surface area (Å²) in [5.74, 6) is -0.820. The van der Waals surface area contributed by atoms with Crippen LogP contribution in [0.4, 0.5) is 0 Å². The first-order valence-corrected chi connectivity index (χ1v) is 7.60. The highest BCUT2D eigenvalue weighted by atomic mass is 79.9. The molecule has 1 aliphatic rings. The number of hydrogen-bond donors (Lipinski definition) is 2. The van der Waals surface area contributed by atoms with Crippen LogP contribution in [0, 0.1) is 0 Å². The SMILES string of the molecule is Br.CCc1cccc2c3c([nH]c12)C(CC)(CC(=O)O)OCC3.Cl.Cl.Cl.Cl.Cl.Cl. The minimum atomic E-state index is -0.820. The number of rotatable bonds is 4. The van der Waals surface area contributed by atoms with Crippen molar-refractivity contribution in [2.24, 2.45) is 0 Å². The number of aryl methyl sites for hydroxylation is 1. The first-order chi connectivity index (χ1) is 10.1. The highest BCUT2D eigenvalue weighted by molar-refractivity contribution is 8.93. The molecule has 0 amide bonds. The van der Waals surface area contributed by atoms with E-state index in [2.05, 4.69) is 30.1 Å². The number of H-pyrrole nitrogens is 1. The zero-order valence-corrected chi connectivity index (χ0v) is 22.0. The van der Waals surface area contributed by atoms with Crippen LogP contribution in [0.5, 0.6) is 0 Å². The number of fused-ring (bicyclic) bond motifs is 3. The van der Waals surface area contributed by atoms with Crippen LogP contribution < -0.4 is 0 Å². The summed E-state index contributed by atoms with van der Waals surface area (Å²) >= 11 is 0. The molecule has 2 aromatic rings. The molecule has 168 valence electrons. The summed E-state index contributed by atoms with van der Waals surface area (Å²) in [5.41, 5.74) is 3.88. The van der Waals surface area contributed by atoms with Crippen molar-refractivity contribution in [1.29, 1.82) is 0 Å². The maximum absolute atomic E-state index is 11.3. The Kier molecular flexibility index (Phi) is 22.5. The molecule has 2 heterocycles. The van der Waals surface area contributed by atoms with E-state index >= 15 is 0 Å². The second-order valence-corrected chi connectivity index (χ2v) is 5.69. The molecule has 0 spiro atoms. The molecule has 0 fully saturated rings. The topological polar surface area (TPSA) is 62.3 Å². The Hall–Kier alpha value is 0.410. The molecule has 1 aliphatic heterocycles. The smallest absolute Gasteiger partial charge is 0.306 e. The van der Waals surface area contributed by atoms with Crippen LogP contribution >= 0.6 is 91.4 Å². The molecule has 3 rings (SSSR count). The molecule has 1 aromatic heterocycles. The fourth-order valence-corrected chi connectivity index (χ4v) is 3.49. The molecule has 1 unspecified atom stereocenters. The number of halogens is 7. The van der Waals surface area contributed by atoms with Crippen molar-refractivity contribution in [3.63, 3.8) is 0 Å². The second kappa shape index (κ2) is 16.1. The number of aromatic nitrogens is 1. The first kappa shape index (κ1) is 38.9. The summed E-state index contributed by atoms with van der Waals surface area (Å²) in [6.45, 7) is 4.71. The molecule has 4 nitrogen and oxygen atoms in total. The maximum atomic E-state index is 11.3. The Morgan fingerprint density at radius 2 is 1.75 bits per heavy atom. The van der Waals surface area contributed by atoms with Crippen LogP contribution in [0.1, 0.15) is 43.5 Å². The summed E-state index contributed by atoms with van der Waals surface area (Å²) in [4.78, 5) is 14.8. The van der Waals surface area contributed by atoms with Crippen molar-refractivity contribution in [3.05, 3.63) is 35.0 Å². The van der Waals surface area contributed by atoms with Gasteiger partial charge in [0.2, 0.25) is 0 Å². The zero-order chi connectivity index (χ0) is 15.0. The van der Waals surface area contributed by atoms with Crippen LogP contribution in [-0.4, -0.2) is 22.7 Å². The number of aromatic amines is 1. The monoisotopic (exact) mass is 583 g/mol. The third kappa shape index (κ3) is 6.98. The Labute approximate surface area is 213 Å².